The van der Waals surface area contributed by atoms with Crippen molar-refractivity contribution in [3.8, 4) is 17.1 Å². The number of para-hydroxylation sites is 1. The summed E-state index contributed by atoms with van der Waals surface area (Å²) < 4.78 is 36.0. The number of carbonyl (C=O) groups is 1. The summed E-state index contributed by atoms with van der Waals surface area (Å²) in [6.45, 7) is 0.0844. The molecule has 0 fully saturated rings. The number of rotatable bonds is 7. The van der Waals surface area contributed by atoms with Crippen LogP contribution in [0.1, 0.15) is 16.3 Å². The molecule has 1 N–H and O–H groups in total. The average Bonchev–Trinajstić information content (AvgIpc) is 3.41. The van der Waals surface area contributed by atoms with Crippen LogP contribution in [0.5, 0.6) is 5.75 Å². The third-order valence-electron chi connectivity index (χ3n) is 4.65. The quantitative estimate of drug-likeness (QED) is 0.457. The fraction of sp³-hybridized carbons (Fsp3) is 0.136. The van der Waals surface area contributed by atoms with Crippen molar-refractivity contribution < 1.29 is 22.4 Å². The highest BCUT2D eigenvalue weighted by atomic mass is 32.2. The van der Waals surface area contributed by atoms with E-state index in [0.717, 1.165) is 11.8 Å². The van der Waals surface area contributed by atoms with Crippen molar-refractivity contribution >= 4 is 21.4 Å². The number of sulfone groups is 1. The molecule has 0 aliphatic carbocycles. The molecule has 0 unspecified atom stereocenters. The molecule has 0 aliphatic heterocycles. The Hall–Kier alpha value is -3.92. The topological polar surface area (TPSA) is 116 Å². The summed E-state index contributed by atoms with van der Waals surface area (Å²) in [4.78, 5) is 12.9. The van der Waals surface area contributed by atoms with Crippen LogP contribution in [0.2, 0.25) is 0 Å². The van der Waals surface area contributed by atoms with Crippen LogP contribution in [0.15, 0.2) is 76.3 Å². The summed E-state index contributed by atoms with van der Waals surface area (Å²) in [5.41, 5.74) is 1.31. The number of furan rings is 1. The maximum absolute atomic E-state index is 12.7. The van der Waals surface area contributed by atoms with Crippen LogP contribution in [0, 0.1) is 0 Å². The van der Waals surface area contributed by atoms with Gasteiger partial charge in [0.25, 0.3) is 5.91 Å². The number of carbonyl (C=O) groups excluding carboxylic acids is 1. The van der Waals surface area contributed by atoms with E-state index in [0.29, 0.717) is 23.0 Å². The first kappa shape index (κ1) is 21.3. The zero-order valence-electron chi connectivity index (χ0n) is 17.3. The minimum absolute atomic E-state index is 0.0844. The Morgan fingerprint density at radius 1 is 1.09 bits per heavy atom. The Bertz CT molecular complexity index is 1360. The molecule has 0 radical (unpaired) electrons. The van der Waals surface area contributed by atoms with Gasteiger partial charge in [0.15, 0.2) is 21.4 Å². The average molecular weight is 452 g/mol. The van der Waals surface area contributed by atoms with Crippen LogP contribution in [-0.4, -0.2) is 35.3 Å². The molecule has 0 saturated carbocycles. The lowest BCUT2D eigenvalue weighted by Gasteiger charge is -2.09. The predicted molar refractivity (Wildman–Crippen MR) is 117 cm³/mol. The number of aromatic nitrogens is 3. The van der Waals surface area contributed by atoms with Gasteiger partial charge in [0.2, 0.25) is 0 Å². The summed E-state index contributed by atoms with van der Waals surface area (Å²) in [5, 5.41) is 10.8. The van der Waals surface area contributed by atoms with E-state index in [1.165, 1.54) is 12.1 Å². The molecule has 2 aromatic carbocycles. The number of nitrogens with zero attached hydrogens (tertiary/aromatic N) is 3. The van der Waals surface area contributed by atoms with Gasteiger partial charge in [-0.1, -0.05) is 12.1 Å². The number of anilines is 1. The van der Waals surface area contributed by atoms with Gasteiger partial charge in [-0.25, -0.2) is 8.42 Å². The summed E-state index contributed by atoms with van der Waals surface area (Å²) in [6.07, 6.45) is 2.73. The molecule has 164 valence electrons. The Morgan fingerprint density at radius 2 is 1.84 bits per heavy atom. The van der Waals surface area contributed by atoms with E-state index >= 15 is 0 Å². The highest BCUT2D eigenvalue weighted by molar-refractivity contribution is 7.90. The third-order valence-corrected chi connectivity index (χ3v) is 5.77. The minimum Gasteiger partial charge on any atom is -0.486 e. The minimum atomic E-state index is -3.27. The lowest BCUT2D eigenvalue weighted by Crippen LogP contribution is -2.12. The van der Waals surface area contributed by atoms with Crippen molar-refractivity contribution in [2.24, 2.45) is 7.05 Å². The molecule has 0 aliphatic rings. The summed E-state index contributed by atoms with van der Waals surface area (Å²) in [7, 11) is -1.45. The SMILES string of the molecule is Cn1cnnc1-c1ccccc1NC(=O)c1ccc(COc2ccc(S(C)(=O)=O)cc2)o1. The van der Waals surface area contributed by atoms with Gasteiger partial charge in [0.05, 0.1) is 10.6 Å². The standard InChI is InChI=1S/C22H20N4O5S/c1-26-14-23-25-21(26)18-5-3-4-6-19(18)24-22(27)20-12-9-16(31-20)13-30-15-7-10-17(11-8-15)32(2,28)29/h3-12,14H,13H2,1-2H3,(H,24,27). The number of hydrogen-bond donors (Lipinski definition) is 1. The van der Waals surface area contributed by atoms with Gasteiger partial charge < -0.3 is 19.0 Å². The molecule has 0 saturated heterocycles. The Kier molecular flexibility index (Phi) is 5.78. The zero-order valence-corrected chi connectivity index (χ0v) is 18.2. The van der Waals surface area contributed by atoms with E-state index in [4.69, 9.17) is 9.15 Å². The molecule has 0 spiro atoms. The van der Waals surface area contributed by atoms with Crippen molar-refractivity contribution in [1.29, 1.82) is 0 Å². The molecule has 2 aromatic heterocycles. The number of amides is 1. The van der Waals surface area contributed by atoms with Crippen molar-refractivity contribution in [2.45, 2.75) is 11.5 Å². The number of aryl methyl sites for hydroxylation is 1. The first-order chi connectivity index (χ1) is 15.3. The summed E-state index contributed by atoms with van der Waals surface area (Å²) >= 11 is 0. The van der Waals surface area contributed by atoms with Crippen LogP contribution in [0.3, 0.4) is 0 Å². The molecule has 10 heteroatoms. The zero-order chi connectivity index (χ0) is 22.7. The predicted octanol–water partition coefficient (Wildman–Crippen LogP) is 3.31. The Labute approximate surface area is 184 Å². The molecular formula is C22H20N4O5S. The highest BCUT2D eigenvalue weighted by Gasteiger charge is 2.16. The number of ether oxygens (including phenoxy) is 1. The van der Waals surface area contributed by atoms with Crippen LogP contribution in [0.4, 0.5) is 5.69 Å². The van der Waals surface area contributed by atoms with E-state index in [1.54, 1.807) is 41.2 Å². The molecule has 32 heavy (non-hydrogen) atoms. The van der Waals surface area contributed by atoms with E-state index in [9.17, 15) is 13.2 Å². The maximum atomic E-state index is 12.7. The van der Waals surface area contributed by atoms with Crippen molar-refractivity contribution in [1.82, 2.24) is 14.8 Å². The second kappa shape index (κ2) is 8.67. The van der Waals surface area contributed by atoms with Crippen molar-refractivity contribution in [3.63, 3.8) is 0 Å². The molecule has 1 amide bonds. The van der Waals surface area contributed by atoms with Gasteiger partial charge in [-0.2, -0.15) is 0 Å². The Balaban J connectivity index is 1.42. The van der Waals surface area contributed by atoms with Gasteiger partial charge in [-0.05, 0) is 48.5 Å². The largest absolute Gasteiger partial charge is 0.486 e. The lowest BCUT2D eigenvalue weighted by atomic mass is 10.1. The van der Waals surface area contributed by atoms with Gasteiger partial charge in [0, 0.05) is 18.9 Å². The molecular weight excluding hydrogens is 432 g/mol. The highest BCUT2D eigenvalue weighted by Crippen LogP contribution is 2.26. The molecule has 9 nitrogen and oxygen atoms in total. The smallest absolute Gasteiger partial charge is 0.291 e. The molecule has 2 heterocycles. The van der Waals surface area contributed by atoms with Gasteiger partial charge in [-0.15, -0.1) is 10.2 Å². The number of benzene rings is 2. The molecule has 0 atom stereocenters. The monoisotopic (exact) mass is 452 g/mol. The lowest BCUT2D eigenvalue weighted by molar-refractivity contribution is 0.0992. The van der Waals surface area contributed by atoms with Crippen LogP contribution in [-0.2, 0) is 23.5 Å². The maximum Gasteiger partial charge on any atom is 0.291 e. The van der Waals surface area contributed by atoms with Gasteiger partial charge in [-0.3, -0.25) is 4.79 Å². The molecule has 4 aromatic rings. The van der Waals surface area contributed by atoms with Gasteiger partial charge in [0.1, 0.15) is 24.4 Å². The fourth-order valence-electron chi connectivity index (χ4n) is 3.01. The van der Waals surface area contributed by atoms with E-state index in [-0.39, 0.29) is 17.3 Å². The third kappa shape index (κ3) is 4.70. The molecule has 0 bridgehead atoms. The van der Waals surface area contributed by atoms with Gasteiger partial charge >= 0.3 is 0 Å². The number of hydrogen-bond acceptors (Lipinski definition) is 7. The Morgan fingerprint density at radius 3 is 2.53 bits per heavy atom. The second-order valence-electron chi connectivity index (χ2n) is 7.06. The fourth-order valence-corrected chi connectivity index (χ4v) is 3.64. The first-order valence-electron chi connectivity index (χ1n) is 9.57. The first-order valence-corrected chi connectivity index (χ1v) is 11.5. The normalized spacial score (nSPS) is 11.3. The van der Waals surface area contributed by atoms with E-state index < -0.39 is 15.7 Å². The summed E-state index contributed by atoms with van der Waals surface area (Å²) in [5.74, 6) is 1.27. The van der Waals surface area contributed by atoms with Crippen molar-refractivity contribution in [3.05, 3.63) is 78.5 Å². The van der Waals surface area contributed by atoms with Crippen LogP contribution in [0.25, 0.3) is 11.4 Å². The van der Waals surface area contributed by atoms with E-state index in [1.807, 2.05) is 25.2 Å². The number of nitrogens with one attached hydrogen (secondary N) is 1. The van der Waals surface area contributed by atoms with Crippen LogP contribution >= 0.6 is 0 Å². The van der Waals surface area contributed by atoms with E-state index in [2.05, 4.69) is 15.5 Å². The second-order valence-corrected chi connectivity index (χ2v) is 9.08. The summed E-state index contributed by atoms with van der Waals surface area (Å²) in [6, 6.07) is 16.6. The van der Waals surface area contributed by atoms with Crippen LogP contribution < -0.4 is 10.1 Å². The molecule has 4 rings (SSSR count). The van der Waals surface area contributed by atoms with Crippen molar-refractivity contribution in [2.75, 3.05) is 11.6 Å².